The maximum atomic E-state index is 2.41. The van der Waals surface area contributed by atoms with Gasteiger partial charge in [-0.2, -0.15) is 0 Å². The third-order valence-electron chi connectivity index (χ3n) is 2.07. The Labute approximate surface area is 47.1 Å². The van der Waals surface area contributed by atoms with Crippen LogP contribution in [0, 0.1) is 0 Å². The summed E-state index contributed by atoms with van der Waals surface area (Å²) in [7, 11) is 0.460. The summed E-state index contributed by atoms with van der Waals surface area (Å²) in [6.07, 6.45) is 1.49. The Balaban J connectivity index is 2.29. The van der Waals surface area contributed by atoms with Crippen LogP contribution in [0.15, 0.2) is 0 Å². The van der Waals surface area contributed by atoms with Gasteiger partial charge in [0.25, 0.3) is 0 Å². The molecule has 1 aliphatic heterocycles. The first-order chi connectivity index (χ1) is 3.22. The lowest BCUT2D eigenvalue weighted by atomic mass is 10.2. The average Bonchev–Trinajstić information content (AvgIpc) is 1.68. The van der Waals surface area contributed by atoms with Crippen LogP contribution < -0.4 is 0 Å². The molecule has 0 radical (unpaired) electrons. The van der Waals surface area contributed by atoms with E-state index < -0.39 is 0 Å². The fourth-order valence-electron chi connectivity index (χ4n) is 1.12. The fraction of sp³-hybridized carbons (Fsp3) is 1.00. The molecule has 0 N–H and O–H groups in total. The van der Waals surface area contributed by atoms with Crippen LogP contribution in [-0.2, 0) is 0 Å². The van der Waals surface area contributed by atoms with Gasteiger partial charge >= 0.3 is 0 Å². The summed E-state index contributed by atoms with van der Waals surface area (Å²) in [5.41, 5.74) is 2.15. The highest BCUT2D eigenvalue weighted by Gasteiger charge is 2.29. The summed E-state index contributed by atoms with van der Waals surface area (Å²) in [5, 5.41) is 0. The van der Waals surface area contributed by atoms with E-state index in [4.69, 9.17) is 0 Å². The molecule has 7 heavy (non-hydrogen) atoms. The van der Waals surface area contributed by atoms with Crippen molar-refractivity contribution in [1.82, 2.24) is 0 Å². The normalized spacial score (nSPS) is 43.3. The zero-order valence-corrected chi connectivity index (χ0v) is 6.20. The Kier molecular flexibility index (Phi) is 1.39. The fourth-order valence-corrected chi connectivity index (χ4v) is 2.90. The standard InChI is InChI=1S/C6H13P/c1-5-4-6(2)7(5)3/h5-6H,4H2,1-3H3/t5-,6-/m0/s1. The van der Waals surface area contributed by atoms with Crippen LogP contribution in [0.2, 0.25) is 0 Å². The van der Waals surface area contributed by atoms with E-state index in [9.17, 15) is 0 Å². The highest BCUT2D eigenvalue weighted by atomic mass is 31.1. The van der Waals surface area contributed by atoms with Crippen LogP contribution in [0.25, 0.3) is 0 Å². The molecule has 42 valence electrons. The zero-order chi connectivity index (χ0) is 5.44. The average molecular weight is 116 g/mol. The predicted octanol–water partition coefficient (Wildman–Crippen LogP) is 2.28. The van der Waals surface area contributed by atoms with E-state index in [1.54, 1.807) is 0 Å². The minimum atomic E-state index is 0.460. The highest BCUT2D eigenvalue weighted by Crippen LogP contribution is 2.55. The van der Waals surface area contributed by atoms with Gasteiger partial charge in [-0.3, -0.25) is 0 Å². The Hall–Kier alpha value is 0.430. The van der Waals surface area contributed by atoms with Gasteiger partial charge in [-0.15, -0.1) is 7.92 Å². The van der Waals surface area contributed by atoms with E-state index in [0.717, 1.165) is 11.3 Å². The molecule has 1 aliphatic rings. The number of hydrogen-bond acceptors (Lipinski definition) is 0. The zero-order valence-electron chi connectivity index (χ0n) is 5.31. The van der Waals surface area contributed by atoms with Gasteiger partial charge in [0.15, 0.2) is 0 Å². The lowest BCUT2D eigenvalue weighted by Crippen LogP contribution is -2.23. The van der Waals surface area contributed by atoms with E-state index in [2.05, 4.69) is 20.5 Å². The molecule has 1 heteroatoms. The van der Waals surface area contributed by atoms with E-state index in [1.807, 2.05) is 0 Å². The van der Waals surface area contributed by atoms with E-state index >= 15 is 0 Å². The van der Waals surface area contributed by atoms with Gasteiger partial charge < -0.3 is 0 Å². The van der Waals surface area contributed by atoms with Crippen LogP contribution in [0.3, 0.4) is 0 Å². The van der Waals surface area contributed by atoms with Gasteiger partial charge in [0.1, 0.15) is 0 Å². The van der Waals surface area contributed by atoms with Crippen LogP contribution in [0.1, 0.15) is 20.3 Å². The first-order valence-electron chi connectivity index (χ1n) is 2.93. The smallest absolute Gasteiger partial charge is 0.0232 e. The summed E-state index contributed by atoms with van der Waals surface area (Å²) in [5.74, 6) is 0. The molecule has 1 rings (SSSR count). The van der Waals surface area contributed by atoms with Crippen molar-refractivity contribution in [3.05, 3.63) is 0 Å². The van der Waals surface area contributed by atoms with Gasteiger partial charge in [-0.1, -0.05) is 13.8 Å². The van der Waals surface area contributed by atoms with Crippen molar-refractivity contribution >= 4 is 7.92 Å². The molecule has 0 nitrogen and oxygen atoms in total. The molecular weight excluding hydrogens is 103 g/mol. The van der Waals surface area contributed by atoms with E-state index in [1.165, 1.54) is 6.42 Å². The number of rotatable bonds is 0. The van der Waals surface area contributed by atoms with E-state index in [0.29, 0.717) is 7.92 Å². The molecular formula is C6H13P. The molecule has 2 atom stereocenters. The maximum Gasteiger partial charge on any atom is -0.0232 e. The van der Waals surface area contributed by atoms with Crippen molar-refractivity contribution in [2.45, 2.75) is 31.6 Å². The first-order valence-corrected chi connectivity index (χ1v) is 4.86. The minimum Gasteiger partial charge on any atom is -0.104 e. The molecule has 0 saturated carbocycles. The summed E-state index contributed by atoms with van der Waals surface area (Å²) in [6.45, 7) is 7.14. The molecule has 0 aromatic carbocycles. The maximum absolute atomic E-state index is 2.41. The molecule has 0 unspecified atom stereocenters. The summed E-state index contributed by atoms with van der Waals surface area (Å²) in [6, 6.07) is 0. The van der Waals surface area contributed by atoms with Gasteiger partial charge in [0, 0.05) is 0 Å². The van der Waals surface area contributed by atoms with Crippen LogP contribution in [0.4, 0.5) is 0 Å². The predicted molar refractivity (Wildman–Crippen MR) is 36.4 cm³/mol. The Morgan fingerprint density at radius 2 is 1.71 bits per heavy atom. The van der Waals surface area contributed by atoms with Crippen LogP contribution in [-0.4, -0.2) is 18.0 Å². The van der Waals surface area contributed by atoms with Crippen molar-refractivity contribution in [1.29, 1.82) is 0 Å². The Morgan fingerprint density at radius 3 is 1.71 bits per heavy atom. The van der Waals surface area contributed by atoms with Crippen LogP contribution in [0.5, 0.6) is 0 Å². The van der Waals surface area contributed by atoms with Crippen molar-refractivity contribution in [2.75, 3.05) is 6.66 Å². The van der Waals surface area contributed by atoms with Gasteiger partial charge in [0.2, 0.25) is 0 Å². The second-order valence-corrected chi connectivity index (χ2v) is 5.69. The molecule has 1 heterocycles. The first kappa shape index (κ1) is 5.56. The summed E-state index contributed by atoms with van der Waals surface area (Å²) in [4.78, 5) is 0. The van der Waals surface area contributed by atoms with Crippen molar-refractivity contribution < 1.29 is 0 Å². The van der Waals surface area contributed by atoms with Gasteiger partial charge in [-0.05, 0) is 24.4 Å². The lowest BCUT2D eigenvalue weighted by Gasteiger charge is -2.38. The number of hydrogen-bond donors (Lipinski definition) is 0. The van der Waals surface area contributed by atoms with E-state index in [-0.39, 0.29) is 0 Å². The minimum absolute atomic E-state index is 0.460. The molecule has 0 aromatic heterocycles. The highest BCUT2D eigenvalue weighted by molar-refractivity contribution is 7.60. The van der Waals surface area contributed by atoms with Crippen LogP contribution >= 0.6 is 7.92 Å². The molecule has 1 saturated heterocycles. The van der Waals surface area contributed by atoms with Gasteiger partial charge in [0.05, 0.1) is 0 Å². The third-order valence-corrected chi connectivity index (χ3v) is 5.28. The second-order valence-electron chi connectivity index (χ2n) is 2.60. The van der Waals surface area contributed by atoms with Crippen molar-refractivity contribution in [3.63, 3.8) is 0 Å². The van der Waals surface area contributed by atoms with Crippen molar-refractivity contribution in [2.24, 2.45) is 0 Å². The topological polar surface area (TPSA) is 0 Å². The molecule has 1 fully saturated rings. The molecule has 0 bridgehead atoms. The molecule has 0 spiro atoms. The Bertz CT molecular complexity index is 62.6. The summed E-state index contributed by atoms with van der Waals surface area (Å²) < 4.78 is 0. The van der Waals surface area contributed by atoms with Crippen molar-refractivity contribution in [3.8, 4) is 0 Å². The second kappa shape index (κ2) is 1.74. The molecule has 0 aliphatic carbocycles. The third kappa shape index (κ3) is 0.817. The monoisotopic (exact) mass is 116 g/mol. The molecule has 0 amide bonds. The van der Waals surface area contributed by atoms with Gasteiger partial charge in [-0.25, -0.2) is 0 Å². The SMILES string of the molecule is C[C@H]1C[C@H](C)P1C. The lowest BCUT2D eigenvalue weighted by molar-refractivity contribution is 0.710. The molecule has 0 aromatic rings. The largest absolute Gasteiger partial charge is 0.104 e. The summed E-state index contributed by atoms with van der Waals surface area (Å²) >= 11 is 0. The quantitative estimate of drug-likeness (QED) is 0.426. The Morgan fingerprint density at radius 1 is 1.29 bits per heavy atom.